The van der Waals surface area contributed by atoms with E-state index in [0.717, 1.165) is 50.6 Å². The molecule has 0 atom stereocenters. The SMILES string of the molecule is CC1(C)C(=O)NC(=S)N1CCCCCCCCN1CCN(C(=O)c2cccs2)CC1. The van der Waals surface area contributed by atoms with Gasteiger partial charge in [-0.25, -0.2) is 0 Å². The van der Waals surface area contributed by atoms with Crippen molar-refractivity contribution in [2.75, 3.05) is 39.3 Å². The summed E-state index contributed by atoms with van der Waals surface area (Å²) in [6, 6.07) is 3.85. The van der Waals surface area contributed by atoms with Gasteiger partial charge in [0.25, 0.3) is 11.8 Å². The van der Waals surface area contributed by atoms with Crippen LogP contribution in [0.4, 0.5) is 0 Å². The Bertz CT molecular complexity index is 728. The van der Waals surface area contributed by atoms with Gasteiger partial charge in [-0.05, 0) is 56.9 Å². The van der Waals surface area contributed by atoms with Crippen LogP contribution in [0.5, 0.6) is 0 Å². The maximum atomic E-state index is 12.4. The monoisotopic (exact) mass is 450 g/mol. The number of carbonyl (C=O) groups excluding carboxylic acids is 2. The normalized spacial score (nSPS) is 19.4. The maximum Gasteiger partial charge on any atom is 0.264 e. The van der Waals surface area contributed by atoms with Crippen molar-refractivity contribution in [3.8, 4) is 0 Å². The van der Waals surface area contributed by atoms with Crippen LogP contribution in [0.3, 0.4) is 0 Å². The van der Waals surface area contributed by atoms with Gasteiger partial charge in [0.2, 0.25) is 0 Å². The van der Waals surface area contributed by atoms with E-state index in [2.05, 4.69) is 10.2 Å². The molecule has 30 heavy (non-hydrogen) atoms. The molecule has 0 spiro atoms. The van der Waals surface area contributed by atoms with E-state index in [1.807, 2.05) is 41.2 Å². The van der Waals surface area contributed by atoms with Gasteiger partial charge in [-0.2, -0.15) is 0 Å². The van der Waals surface area contributed by atoms with Crippen LogP contribution in [0.25, 0.3) is 0 Å². The standard InChI is InChI=1S/C22H34N4O2S2/c1-22(2)20(28)23-21(29)26(22)12-8-6-4-3-5-7-11-24-13-15-25(16-14-24)19(27)18-10-9-17-30-18/h9-10,17H,3-8,11-16H2,1-2H3,(H,23,28,29). The Labute approximate surface area is 189 Å². The molecule has 0 radical (unpaired) electrons. The molecular formula is C22H34N4O2S2. The van der Waals surface area contributed by atoms with Crippen molar-refractivity contribution in [2.45, 2.75) is 57.9 Å². The second-order valence-corrected chi connectivity index (χ2v) is 10.0. The van der Waals surface area contributed by atoms with Crippen LogP contribution in [-0.4, -0.2) is 76.4 Å². The maximum absolute atomic E-state index is 12.4. The molecule has 0 unspecified atom stereocenters. The number of nitrogens with one attached hydrogen (secondary N) is 1. The summed E-state index contributed by atoms with van der Waals surface area (Å²) in [6.07, 6.45) is 7.20. The molecule has 2 aliphatic rings. The van der Waals surface area contributed by atoms with Crippen LogP contribution in [-0.2, 0) is 4.79 Å². The number of hydrogen-bond acceptors (Lipinski definition) is 5. The summed E-state index contributed by atoms with van der Waals surface area (Å²) >= 11 is 6.80. The molecule has 0 aromatic carbocycles. The predicted molar refractivity (Wildman–Crippen MR) is 126 cm³/mol. The zero-order valence-electron chi connectivity index (χ0n) is 18.2. The van der Waals surface area contributed by atoms with Gasteiger partial charge in [-0.15, -0.1) is 11.3 Å². The summed E-state index contributed by atoms with van der Waals surface area (Å²) < 4.78 is 0. The zero-order chi connectivity index (χ0) is 21.6. The average Bonchev–Trinajstić information content (AvgIpc) is 3.32. The Morgan fingerprint density at radius 2 is 1.70 bits per heavy atom. The molecule has 3 heterocycles. The van der Waals surface area contributed by atoms with Crippen LogP contribution >= 0.6 is 23.6 Å². The molecular weight excluding hydrogens is 416 g/mol. The topological polar surface area (TPSA) is 55.9 Å². The lowest BCUT2D eigenvalue weighted by atomic mass is 10.0. The second kappa shape index (κ2) is 10.7. The number of rotatable bonds is 10. The van der Waals surface area contributed by atoms with Gasteiger partial charge in [-0.1, -0.05) is 31.7 Å². The average molecular weight is 451 g/mol. The van der Waals surface area contributed by atoms with E-state index in [4.69, 9.17) is 12.2 Å². The summed E-state index contributed by atoms with van der Waals surface area (Å²) in [7, 11) is 0. The molecule has 1 aromatic heterocycles. The molecule has 1 aromatic rings. The number of amides is 2. The molecule has 0 saturated carbocycles. The van der Waals surface area contributed by atoms with E-state index in [1.54, 1.807) is 0 Å². The molecule has 1 N–H and O–H groups in total. The first kappa shape index (κ1) is 23.2. The summed E-state index contributed by atoms with van der Waals surface area (Å²) in [4.78, 5) is 31.6. The van der Waals surface area contributed by atoms with Gasteiger partial charge in [0.15, 0.2) is 5.11 Å². The fourth-order valence-corrected chi connectivity index (χ4v) is 5.22. The Morgan fingerprint density at radius 1 is 1.07 bits per heavy atom. The quantitative estimate of drug-likeness (QED) is 0.438. The number of thiocarbonyl (C=S) groups is 1. The number of hydrogen-bond donors (Lipinski definition) is 1. The van der Waals surface area contributed by atoms with E-state index >= 15 is 0 Å². The lowest BCUT2D eigenvalue weighted by molar-refractivity contribution is -0.125. The first-order valence-corrected chi connectivity index (χ1v) is 12.4. The minimum Gasteiger partial charge on any atom is -0.335 e. The van der Waals surface area contributed by atoms with E-state index in [-0.39, 0.29) is 11.8 Å². The van der Waals surface area contributed by atoms with Crippen LogP contribution in [0, 0.1) is 0 Å². The van der Waals surface area contributed by atoms with E-state index in [0.29, 0.717) is 5.11 Å². The Morgan fingerprint density at radius 3 is 2.27 bits per heavy atom. The molecule has 2 amide bonds. The largest absolute Gasteiger partial charge is 0.335 e. The van der Waals surface area contributed by atoms with Crippen molar-refractivity contribution in [3.05, 3.63) is 22.4 Å². The van der Waals surface area contributed by atoms with Crippen molar-refractivity contribution >= 4 is 40.5 Å². The summed E-state index contributed by atoms with van der Waals surface area (Å²) in [5.74, 6) is 0.187. The van der Waals surface area contributed by atoms with Gasteiger partial charge in [-0.3, -0.25) is 14.5 Å². The number of piperazine rings is 1. The highest BCUT2D eigenvalue weighted by molar-refractivity contribution is 7.80. The highest BCUT2D eigenvalue weighted by Crippen LogP contribution is 2.22. The predicted octanol–water partition coefficient (Wildman–Crippen LogP) is 3.34. The minimum atomic E-state index is -0.518. The van der Waals surface area contributed by atoms with Crippen molar-refractivity contribution in [3.63, 3.8) is 0 Å². The molecule has 3 rings (SSSR count). The summed E-state index contributed by atoms with van der Waals surface area (Å²) in [5.41, 5.74) is -0.518. The lowest BCUT2D eigenvalue weighted by Gasteiger charge is -2.34. The van der Waals surface area contributed by atoms with Crippen molar-refractivity contribution in [1.82, 2.24) is 20.0 Å². The third kappa shape index (κ3) is 5.80. The minimum absolute atomic E-state index is 0.00391. The van der Waals surface area contributed by atoms with E-state index in [1.165, 1.54) is 43.4 Å². The highest BCUT2D eigenvalue weighted by Gasteiger charge is 2.42. The lowest BCUT2D eigenvalue weighted by Crippen LogP contribution is -2.48. The van der Waals surface area contributed by atoms with Crippen LogP contribution in [0.1, 0.15) is 62.0 Å². The second-order valence-electron chi connectivity index (χ2n) is 8.70. The zero-order valence-corrected chi connectivity index (χ0v) is 19.8. The molecule has 166 valence electrons. The number of thiophene rings is 1. The van der Waals surface area contributed by atoms with Gasteiger partial charge >= 0.3 is 0 Å². The van der Waals surface area contributed by atoms with Crippen molar-refractivity contribution in [2.24, 2.45) is 0 Å². The first-order chi connectivity index (χ1) is 14.4. The Balaban J connectivity index is 1.20. The summed E-state index contributed by atoms with van der Waals surface area (Å²) in [6.45, 7) is 9.47. The molecule has 8 heteroatoms. The van der Waals surface area contributed by atoms with Crippen LogP contribution in [0.2, 0.25) is 0 Å². The van der Waals surface area contributed by atoms with E-state index in [9.17, 15) is 9.59 Å². The third-order valence-corrected chi connectivity index (χ3v) is 7.37. The Hall–Kier alpha value is -1.51. The fraction of sp³-hybridized carbons (Fsp3) is 0.682. The van der Waals surface area contributed by atoms with E-state index < -0.39 is 5.54 Å². The van der Waals surface area contributed by atoms with Gasteiger partial charge in [0, 0.05) is 32.7 Å². The van der Waals surface area contributed by atoms with Crippen LogP contribution in [0.15, 0.2) is 17.5 Å². The van der Waals surface area contributed by atoms with Crippen molar-refractivity contribution < 1.29 is 9.59 Å². The molecule has 2 saturated heterocycles. The molecule has 2 fully saturated rings. The molecule has 2 aliphatic heterocycles. The summed E-state index contributed by atoms with van der Waals surface area (Å²) in [5, 5.41) is 5.30. The van der Waals surface area contributed by atoms with Crippen LogP contribution < -0.4 is 5.32 Å². The fourth-order valence-electron chi connectivity index (χ4n) is 4.12. The highest BCUT2D eigenvalue weighted by atomic mass is 32.1. The first-order valence-electron chi connectivity index (χ1n) is 11.1. The number of carbonyl (C=O) groups is 2. The van der Waals surface area contributed by atoms with Gasteiger partial charge in [0.1, 0.15) is 5.54 Å². The molecule has 0 bridgehead atoms. The van der Waals surface area contributed by atoms with Gasteiger partial charge < -0.3 is 15.1 Å². The third-order valence-electron chi connectivity index (χ3n) is 6.19. The smallest absolute Gasteiger partial charge is 0.264 e. The molecule has 0 aliphatic carbocycles. The number of nitrogens with zero attached hydrogens (tertiary/aromatic N) is 3. The molecule has 6 nitrogen and oxygen atoms in total. The number of unbranched alkanes of at least 4 members (excludes halogenated alkanes) is 5. The van der Waals surface area contributed by atoms with Gasteiger partial charge in [0.05, 0.1) is 4.88 Å². The Kier molecular flexibility index (Phi) is 8.25. The van der Waals surface area contributed by atoms with Crippen molar-refractivity contribution in [1.29, 1.82) is 0 Å².